The van der Waals surface area contributed by atoms with Crippen molar-refractivity contribution < 1.29 is 0 Å². The van der Waals surface area contributed by atoms with E-state index in [1.54, 1.807) is 0 Å². The summed E-state index contributed by atoms with van der Waals surface area (Å²) in [6.07, 6.45) is 3.83. The molecule has 3 heteroatoms. The van der Waals surface area contributed by atoms with E-state index in [9.17, 15) is 0 Å². The van der Waals surface area contributed by atoms with Gasteiger partial charge in [0.2, 0.25) is 0 Å². The molecule has 1 aliphatic rings. The van der Waals surface area contributed by atoms with Crippen LogP contribution in [0.1, 0.15) is 64.1 Å². The van der Waals surface area contributed by atoms with E-state index in [1.165, 1.54) is 36.3 Å². The highest BCUT2D eigenvalue weighted by atomic mass is 15.2. The Labute approximate surface area is 123 Å². The van der Waals surface area contributed by atoms with Crippen LogP contribution in [-0.4, -0.2) is 24.1 Å². The van der Waals surface area contributed by atoms with Gasteiger partial charge in [0.1, 0.15) is 5.82 Å². The second-order valence-corrected chi connectivity index (χ2v) is 6.11. The van der Waals surface area contributed by atoms with Crippen molar-refractivity contribution in [1.29, 1.82) is 0 Å². The molecule has 1 aliphatic carbocycles. The summed E-state index contributed by atoms with van der Waals surface area (Å²) in [5.74, 6) is 1.66. The zero-order valence-electron chi connectivity index (χ0n) is 13.4. The molecule has 3 nitrogen and oxygen atoms in total. The zero-order chi connectivity index (χ0) is 14.5. The van der Waals surface area contributed by atoms with Crippen molar-refractivity contribution in [1.82, 2.24) is 10.3 Å². The van der Waals surface area contributed by atoms with E-state index in [4.69, 9.17) is 4.98 Å². The number of aromatic nitrogens is 1. The van der Waals surface area contributed by atoms with Gasteiger partial charge in [-0.1, -0.05) is 20.8 Å². The Kier molecular flexibility index (Phi) is 5.41. The quantitative estimate of drug-likeness (QED) is 0.733. The Bertz CT molecular complexity index is 424. The van der Waals surface area contributed by atoms with Crippen LogP contribution >= 0.6 is 0 Å². The summed E-state index contributed by atoms with van der Waals surface area (Å²) in [6, 6.07) is 5.26. The number of nitrogens with zero attached hydrogens (tertiary/aromatic N) is 2. The molecule has 1 saturated carbocycles. The first-order chi connectivity index (χ1) is 9.65. The topological polar surface area (TPSA) is 28.2 Å². The molecule has 0 saturated heterocycles. The van der Waals surface area contributed by atoms with Gasteiger partial charge in [0, 0.05) is 24.8 Å². The number of hydrogen-bond acceptors (Lipinski definition) is 3. The molecular weight excluding hydrogens is 246 g/mol. The molecule has 0 unspecified atom stereocenters. The zero-order valence-corrected chi connectivity index (χ0v) is 13.4. The van der Waals surface area contributed by atoms with Crippen molar-refractivity contribution in [3.05, 3.63) is 23.4 Å². The van der Waals surface area contributed by atoms with Crippen LogP contribution in [-0.2, 0) is 6.54 Å². The number of anilines is 1. The lowest BCUT2D eigenvalue weighted by atomic mass is 10.1. The third-order valence-electron chi connectivity index (χ3n) is 3.86. The maximum Gasteiger partial charge on any atom is 0.129 e. The monoisotopic (exact) mass is 275 g/mol. The normalized spacial score (nSPS) is 14.8. The number of hydrogen-bond donors (Lipinski definition) is 1. The summed E-state index contributed by atoms with van der Waals surface area (Å²) in [7, 11) is 0. The van der Waals surface area contributed by atoms with E-state index < -0.39 is 0 Å². The van der Waals surface area contributed by atoms with Gasteiger partial charge in [0.15, 0.2) is 0 Å². The molecular formula is C17H29N3. The number of nitrogens with one attached hydrogen (secondary N) is 1. The molecule has 2 rings (SSSR count). The van der Waals surface area contributed by atoms with Crippen LogP contribution in [0.25, 0.3) is 0 Å². The molecule has 1 aromatic heterocycles. The highest BCUT2D eigenvalue weighted by Crippen LogP contribution is 2.31. The maximum atomic E-state index is 4.89. The molecule has 0 atom stereocenters. The summed E-state index contributed by atoms with van der Waals surface area (Å²) in [6.45, 7) is 12.0. The van der Waals surface area contributed by atoms with Crippen LogP contribution in [0.2, 0.25) is 0 Å². The molecule has 0 radical (unpaired) electrons. The van der Waals surface area contributed by atoms with E-state index in [0.717, 1.165) is 25.7 Å². The summed E-state index contributed by atoms with van der Waals surface area (Å²) in [5.41, 5.74) is 2.58. The third kappa shape index (κ3) is 3.95. The molecule has 0 amide bonds. The van der Waals surface area contributed by atoms with E-state index in [0.29, 0.717) is 5.92 Å². The van der Waals surface area contributed by atoms with Gasteiger partial charge in [-0.2, -0.15) is 0 Å². The molecule has 112 valence electrons. The second-order valence-electron chi connectivity index (χ2n) is 6.11. The van der Waals surface area contributed by atoms with Gasteiger partial charge in [-0.15, -0.1) is 0 Å². The Morgan fingerprint density at radius 3 is 2.60 bits per heavy atom. The summed E-state index contributed by atoms with van der Waals surface area (Å²) >= 11 is 0. The molecule has 20 heavy (non-hydrogen) atoms. The fourth-order valence-corrected chi connectivity index (χ4v) is 2.54. The lowest BCUT2D eigenvalue weighted by Crippen LogP contribution is -2.27. The molecule has 0 spiro atoms. The van der Waals surface area contributed by atoms with Crippen LogP contribution in [0, 0.1) is 0 Å². The minimum absolute atomic E-state index is 0.484. The van der Waals surface area contributed by atoms with Crippen LogP contribution in [0.5, 0.6) is 0 Å². The van der Waals surface area contributed by atoms with Crippen molar-refractivity contribution >= 4 is 5.82 Å². The van der Waals surface area contributed by atoms with Crippen LogP contribution in [0.3, 0.4) is 0 Å². The Morgan fingerprint density at radius 1 is 1.30 bits per heavy atom. The first kappa shape index (κ1) is 15.3. The summed E-state index contributed by atoms with van der Waals surface area (Å²) in [4.78, 5) is 7.36. The predicted octanol–water partition coefficient (Wildman–Crippen LogP) is 3.69. The van der Waals surface area contributed by atoms with Gasteiger partial charge in [0.25, 0.3) is 0 Å². The summed E-state index contributed by atoms with van der Waals surface area (Å²) < 4.78 is 0. The third-order valence-corrected chi connectivity index (χ3v) is 3.86. The van der Waals surface area contributed by atoms with Gasteiger partial charge in [-0.3, -0.25) is 0 Å². The summed E-state index contributed by atoms with van der Waals surface area (Å²) in [5, 5.41) is 3.50. The first-order valence-corrected chi connectivity index (χ1v) is 8.13. The average Bonchev–Trinajstić information content (AvgIpc) is 3.24. The Morgan fingerprint density at radius 2 is 2.05 bits per heavy atom. The van der Waals surface area contributed by atoms with E-state index in [1.807, 2.05) is 0 Å². The van der Waals surface area contributed by atoms with E-state index >= 15 is 0 Å². The van der Waals surface area contributed by atoms with Gasteiger partial charge >= 0.3 is 0 Å². The molecule has 1 aromatic rings. The molecule has 1 fully saturated rings. The van der Waals surface area contributed by atoms with Crippen molar-refractivity contribution in [2.45, 2.75) is 65.5 Å². The smallest absolute Gasteiger partial charge is 0.129 e. The fraction of sp³-hybridized carbons (Fsp3) is 0.706. The van der Waals surface area contributed by atoms with Crippen LogP contribution < -0.4 is 10.2 Å². The Hall–Kier alpha value is -1.09. The van der Waals surface area contributed by atoms with Crippen molar-refractivity contribution in [3.63, 3.8) is 0 Å². The lowest BCUT2D eigenvalue weighted by Gasteiger charge is -2.23. The van der Waals surface area contributed by atoms with E-state index in [2.05, 4.69) is 50.0 Å². The lowest BCUT2D eigenvalue weighted by molar-refractivity contribution is 0.671. The van der Waals surface area contributed by atoms with Crippen molar-refractivity contribution in [2.24, 2.45) is 0 Å². The molecule has 1 N–H and O–H groups in total. The number of rotatable bonds is 8. The minimum Gasteiger partial charge on any atom is -0.354 e. The predicted molar refractivity (Wildman–Crippen MR) is 86.4 cm³/mol. The van der Waals surface area contributed by atoms with Gasteiger partial charge < -0.3 is 10.2 Å². The first-order valence-electron chi connectivity index (χ1n) is 8.13. The largest absolute Gasteiger partial charge is 0.354 e. The standard InChI is InChI=1S/C17H29N3/c1-5-9-18-12-14-10-16(13(3)4)19-17(11-14)20(6-2)15-7-8-15/h10-11,13,15,18H,5-9,12H2,1-4H3. The molecule has 1 heterocycles. The van der Waals surface area contributed by atoms with Crippen LogP contribution in [0.15, 0.2) is 12.1 Å². The number of pyridine rings is 1. The minimum atomic E-state index is 0.484. The van der Waals surface area contributed by atoms with Crippen molar-refractivity contribution in [2.75, 3.05) is 18.0 Å². The van der Waals surface area contributed by atoms with E-state index in [-0.39, 0.29) is 0 Å². The van der Waals surface area contributed by atoms with Gasteiger partial charge in [-0.05, 0) is 56.3 Å². The SMILES string of the molecule is CCCNCc1cc(C(C)C)nc(N(CC)C2CC2)c1. The van der Waals surface area contributed by atoms with Crippen molar-refractivity contribution in [3.8, 4) is 0 Å². The molecule has 0 aliphatic heterocycles. The molecule has 0 aromatic carbocycles. The van der Waals surface area contributed by atoms with Gasteiger partial charge in [0.05, 0.1) is 0 Å². The fourth-order valence-electron chi connectivity index (χ4n) is 2.54. The maximum absolute atomic E-state index is 4.89. The average molecular weight is 275 g/mol. The van der Waals surface area contributed by atoms with Gasteiger partial charge in [-0.25, -0.2) is 4.98 Å². The molecule has 0 bridgehead atoms. The second kappa shape index (κ2) is 7.07. The Balaban J connectivity index is 2.20. The highest BCUT2D eigenvalue weighted by molar-refractivity contribution is 5.45. The van der Waals surface area contributed by atoms with Crippen LogP contribution in [0.4, 0.5) is 5.82 Å². The highest BCUT2D eigenvalue weighted by Gasteiger charge is 2.29.